The fourth-order valence-electron chi connectivity index (χ4n) is 7.29. The fourth-order valence-corrected chi connectivity index (χ4v) is 7.29. The number of aromatic nitrogens is 4. The van der Waals surface area contributed by atoms with Crippen LogP contribution in [0.4, 0.5) is 5.69 Å². The number of nitrogens with one attached hydrogen (secondary N) is 3. The molecule has 10 heteroatoms. The summed E-state index contributed by atoms with van der Waals surface area (Å²) in [7, 11) is 1.72. The highest BCUT2D eigenvalue weighted by atomic mass is 16.5. The zero-order valence-electron chi connectivity index (χ0n) is 28.5. The number of aryl methyl sites for hydroxylation is 5. The topological polar surface area (TPSA) is 117 Å². The van der Waals surface area contributed by atoms with Gasteiger partial charge in [-0.1, -0.05) is 48.5 Å². The number of rotatable bonds is 9. The lowest BCUT2D eigenvalue weighted by Crippen LogP contribution is -2.47. The first-order valence-electron chi connectivity index (χ1n) is 17.0. The molecule has 1 aliphatic carbocycles. The predicted molar refractivity (Wildman–Crippen MR) is 190 cm³/mol. The molecule has 2 atom stereocenters. The van der Waals surface area contributed by atoms with Gasteiger partial charge in [0.15, 0.2) is 0 Å². The minimum absolute atomic E-state index is 0.204. The van der Waals surface area contributed by atoms with Crippen molar-refractivity contribution in [2.24, 2.45) is 7.05 Å². The molecule has 1 aliphatic heterocycles. The maximum atomic E-state index is 14.1. The van der Waals surface area contributed by atoms with Crippen LogP contribution in [0.15, 0.2) is 72.9 Å². The van der Waals surface area contributed by atoms with Crippen LogP contribution in [0.25, 0.3) is 22.3 Å². The molecular formula is C39H43N7O3. The van der Waals surface area contributed by atoms with Gasteiger partial charge in [-0.2, -0.15) is 10.2 Å². The molecular weight excluding hydrogens is 614 g/mol. The molecule has 2 aliphatic rings. The minimum Gasteiger partial charge on any atom is -0.379 e. The lowest BCUT2D eigenvalue weighted by Gasteiger charge is -2.27. The van der Waals surface area contributed by atoms with Crippen LogP contribution in [0.2, 0.25) is 0 Å². The Morgan fingerprint density at radius 1 is 0.959 bits per heavy atom. The molecule has 252 valence electrons. The number of carbonyl (C=O) groups is 2. The van der Waals surface area contributed by atoms with Gasteiger partial charge in [0.05, 0.1) is 18.9 Å². The summed E-state index contributed by atoms with van der Waals surface area (Å²) in [6, 6.07) is 21.9. The number of hydrogen-bond acceptors (Lipinski definition) is 6. The summed E-state index contributed by atoms with van der Waals surface area (Å²) < 4.78 is 7.05. The van der Waals surface area contributed by atoms with E-state index in [0.717, 1.165) is 84.9 Å². The smallest absolute Gasteiger partial charge is 0.270 e. The molecule has 0 saturated carbocycles. The number of carbonyl (C=O) groups excluding carboxylic acids is 2. The van der Waals surface area contributed by atoms with Crippen molar-refractivity contribution < 1.29 is 14.3 Å². The summed E-state index contributed by atoms with van der Waals surface area (Å²) in [6.07, 6.45) is 3.17. The molecule has 3 heterocycles. The Morgan fingerprint density at radius 2 is 1.69 bits per heavy atom. The molecule has 1 saturated heterocycles. The Hall–Kier alpha value is -5.06. The third kappa shape index (κ3) is 6.79. The van der Waals surface area contributed by atoms with Gasteiger partial charge in [-0.15, -0.1) is 0 Å². The van der Waals surface area contributed by atoms with Gasteiger partial charge in [-0.3, -0.25) is 24.3 Å². The zero-order chi connectivity index (χ0) is 34.1. The van der Waals surface area contributed by atoms with Gasteiger partial charge >= 0.3 is 0 Å². The second-order valence-electron chi connectivity index (χ2n) is 13.3. The highest BCUT2D eigenvalue weighted by molar-refractivity contribution is 6.01. The van der Waals surface area contributed by atoms with Crippen molar-refractivity contribution in [1.29, 1.82) is 0 Å². The summed E-state index contributed by atoms with van der Waals surface area (Å²) in [5.74, 6) is -0.799. The van der Waals surface area contributed by atoms with Gasteiger partial charge in [0, 0.05) is 55.7 Å². The SMILES string of the molecule is Cc1cc(-c2ccc3c(c2)[C@H](C(NC(=O)c2ccnn2C)C(=O)Nc2ccc(-c4c(C)n[nH]c4C)cc2)CC3)ccc1CN1CCOCC1. The van der Waals surface area contributed by atoms with E-state index >= 15 is 0 Å². The number of morpholine rings is 1. The summed E-state index contributed by atoms with van der Waals surface area (Å²) in [6.45, 7) is 10.5. The molecule has 5 aromatic rings. The standard InChI is InChI=1S/C39H43N7O3/c1-24-21-29(7-8-31(24)23-46-17-19-49-20-18-46)30-6-5-27-11-14-33(34(27)22-30)37(42-38(47)35-15-16-40-45(35)4)39(48)41-32-12-9-28(10-13-32)36-25(2)43-44-26(36)3/h5-10,12-13,15-16,21-22,33,37H,11,14,17-20,23H2,1-4H3,(H,41,48)(H,42,47)(H,43,44)/t33-,37?/m1/s1. The van der Waals surface area contributed by atoms with Gasteiger partial charge < -0.3 is 15.4 Å². The van der Waals surface area contributed by atoms with Crippen molar-refractivity contribution in [3.8, 4) is 22.3 Å². The molecule has 2 amide bonds. The quantitative estimate of drug-likeness (QED) is 0.187. The second kappa shape index (κ2) is 13.8. The van der Waals surface area contributed by atoms with Crippen molar-refractivity contribution in [1.82, 2.24) is 30.2 Å². The zero-order valence-corrected chi connectivity index (χ0v) is 28.5. The molecule has 2 aromatic heterocycles. The van der Waals surface area contributed by atoms with E-state index in [0.29, 0.717) is 11.4 Å². The summed E-state index contributed by atoms with van der Waals surface area (Å²) in [4.78, 5) is 30.1. The number of H-pyrrole nitrogens is 1. The van der Waals surface area contributed by atoms with E-state index in [2.05, 4.69) is 74.2 Å². The Balaban J connectivity index is 1.15. The van der Waals surface area contributed by atoms with Crippen LogP contribution < -0.4 is 10.6 Å². The largest absolute Gasteiger partial charge is 0.379 e. The number of ether oxygens (including phenoxy) is 1. The number of benzene rings is 3. The number of nitrogens with zero attached hydrogens (tertiary/aromatic N) is 4. The lowest BCUT2D eigenvalue weighted by molar-refractivity contribution is -0.118. The van der Waals surface area contributed by atoms with Gasteiger partial charge in [0.2, 0.25) is 5.91 Å². The predicted octanol–water partition coefficient (Wildman–Crippen LogP) is 5.70. The van der Waals surface area contributed by atoms with Gasteiger partial charge in [-0.05, 0) is 90.8 Å². The Labute approximate surface area is 286 Å². The van der Waals surface area contributed by atoms with E-state index < -0.39 is 6.04 Å². The normalized spacial score (nSPS) is 16.7. The summed E-state index contributed by atoms with van der Waals surface area (Å²) >= 11 is 0. The number of amides is 2. The van der Waals surface area contributed by atoms with Crippen LogP contribution >= 0.6 is 0 Å². The first-order chi connectivity index (χ1) is 23.7. The first kappa shape index (κ1) is 32.5. The molecule has 3 aromatic carbocycles. The van der Waals surface area contributed by atoms with Gasteiger partial charge in [0.25, 0.3) is 5.91 Å². The maximum absolute atomic E-state index is 14.1. The van der Waals surface area contributed by atoms with Crippen molar-refractivity contribution in [3.63, 3.8) is 0 Å². The van der Waals surface area contributed by atoms with Crippen molar-refractivity contribution in [2.45, 2.75) is 52.1 Å². The summed E-state index contributed by atoms with van der Waals surface area (Å²) in [5, 5.41) is 17.7. The van der Waals surface area contributed by atoms with Crippen LogP contribution in [0, 0.1) is 20.8 Å². The van der Waals surface area contributed by atoms with Crippen LogP contribution in [-0.4, -0.2) is 69.0 Å². The van der Waals surface area contributed by atoms with E-state index in [4.69, 9.17) is 4.74 Å². The summed E-state index contributed by atoms with van der Waals surface area (Å²) in [5.41, 5.74) is 12.2. The van der Waals surface area contributed by atoms with E-state index in [1.807, 2.05) is 38.1 Å². The maximum Gasteiger partial charge on any atom is 0.270 e. The molecule has 49 heavy (non-hydrogen) atoms. The minimum atomic E-state index is -0.797. The van der Waals surface area contributed by atoms with Gasteiger partial charge in [0.1, 0.15) is 11.7 Å². The van der Waals surface area contributed by atoms with Crippen molar-refractivity contribution in [2.75, 3.05) is 31.6 Å². The Kier molecular flexibility index (Phi) is 9.16. The number of anilines is 1. The van der Waals surface area contributed by atoms with E-state index in [-0.39, 0.29) is 17.7 Å². The molecule has 1 unspecified atom stereocenters. The third-order valence-electron chi connectivity index (χ3n) is 10.0. The van der Waals surface area contributed by atoms with Crippen LogP contribution in [0.3, 0.4) is 0 Å². The monoisotopic (exact) mass is 657 g/mol. The highest BCUT2D eigenvalue weighted by Gasteiger charge is 2.36. The molecule has 0 bridgehead atoms. The van der Waals surface area contributed by atoms with E-state index in [1.54, 1.807) is 19.3 Å². The molecule has 10 nitrogen and oxygen atoms in total. The van der Waals surface area contributed by atoms with E-state index in [9.17, 15) is 9.59 Å². The Bertz CT molecular complexity index is 1970. The van der Waals surface area contributed by atoms with E-state index in [1.165, 1.54) is 21.4 Å². The average molecular weight is 658 g/mol. The second-order valence-corrected chi connectivity index (χ2v) is 13.3. The fraction of sp³-hybridized carbons (Fsp3) is 0.333. The van der Waals surface area contributed by atoms with Crippen molar-refractivity contribution in [3.05, 3.63) is 112 Å². The first-order valence-corrected chi connectivity index (χ1v) is 17.0. The van der Waals surface area contributed by atoms with Crippen LogP contribution in [0.1, 0.15) is 56.5 Å². The number of aromatic amines is 1. The lowest BCUT2D eigenvalue weighted by atomic mass is 9.89. The Morgan fingerprint density at radius 3 is 2.39 bits per heavy atom. The molecule has 0 spiro atoms. The van der Waals surface area contributed by atoms with Crippen LogP contribution in [0.5, 0.6) is 0 Å². The van der Waals surface area contributed by atoms with Gasteiger partial charge in [-0.25, -0.2) is 0 Å². The molecule has 3 N–H and O–H groups in total. The molecule has 0 radical (unpaired) electrons. The number of fused-ring (bicyclic) bond motifs is 1. The van der Waals surface area contributed by atoms with Crippen molar-refractivity contribution >= 4 is 17.5 Å². The molecule has 7 rings (SSSR count). The highest BCUT2D eigenvalue weighted by Crippen LogP contribution is 2.39. The third-order valence-corrected chi connectivity index (χ3v) is 10.0. The average Bonchev–Trinajstić information content (AvgIpc) is 3.83. The number of hydrogen-bond donors (Lipinski definition) is 3. The van der Waals surface area contributed by atoms with Crippen LogP contribution in [-0.2, 0) is 29.5 Å². The molecule has 1 fully saturated rings.